The third-order valence-electron chi connectivity index (χ3n) is 5.30. The van der Waals surface area contributed by atoms with E-state index >= 15 is 0 Å². The lowest BCUT2D eigenvalue weighted by atomic mass is 9.87. The number of aryl methyl sites for hydroxylation is 2. The summed E-state index contributed by atoms with van der Waals surface area (Å²) in [7, 11) is -0.270. The molecule has 0 fully saturated rings. The molecule has 4 rings (SSSR count). The Morgan fingerprint density at radius 1 is 1.18 bits per heavy atom. The molecule has 6 nitrogen and oxygen atoms in total. The highest BCUT2D eigenvalue weighted by Crippen LogP contribution is 2.36. The first-order chi connectivity index (χ1) is 13.4. The van der Waals surface area contributed by atoms with Crippen LogP contribution in [0.3, 0.4) is 0 Å². The van der Waals surface area contributed by atoms with Crippen LogP contribution >= 0.6 is 0 Å². The standard InChI is InChI=1S/C21H23N3O3S/c1-15-8-9-18(27-3)10-21(15)28(25,26)24-13-16-6-4-5-7-19(16)20(14-24)17-11-22-23(2)12-17/h4-12,20H,13-14H2,1-3H3. The summed E-state index contributed by atoms with van der Waals surface area (Å²) in [5.74, 6) is 0.477. The van der Waals surface area contributed by atoms with Crippen molar-refractivity contribution in [2.75, 3.05) is 13.7 Å². The molecule has 0 saturated carbocycles. The van der Waals surface area contributed by atoms with Crippen molar-refractivity contribution in [1.82, 2.24) is 14.1 Å². The van der Waals surface area contributed by atoms with E-state index in [4.69, 9.17) is 4.74 Å². The maximum absolute atomic E-state index is 13.5. The largest absolute Gasteiger partial charge is 0.497 e. The normalized spacial score (nSPS) is 17.3. The van der Waals surface area contributed by atoms with Crippen molar-refractivity contribution >= 4 is 10.0 Å². The molecule has 1 aromatic heterocycles. The van der Waals surface area contributed by atoms with Crippen molar-refractivity contribution in [3.05, 3.63) is 77.1 Å². The third-order valence-corrected chi connectivity index (χ3v) is 7.26. The van der Waals surface area contributed by atoms with Gasteiger partial charge in [-0.1, -0.05) is 30.3 Å². The third kappa shape index (κ3) is 3.21. The first kappa shape index (κ1) is 18.7. The van der Waals surface area contributed by atoms with Crippen molar-refractivity contribution in [2.24, 2.45) is 7.05 Å². The Balaban J connectivity index is 1.79. The number of rotatable bonds is 4. The number of sulfonamides is 1. The minimum absolute atomic E-state index is 0.0562. The Hall–Kier alpha value is -2.64. The smallest absolute Gasteiger partial charge is 0.243 e. The molecule has 0 radical (unpaired) electrons. The van der Waals surface area contributed by atoms with Crippen molar-refractivity contribution in [2.45, 2.75) is 24.3 Å². The molecule has 2 heterocycles. The van der Waals surface area contributed by atoms with Crippen LogP contribution in [0.2, 0.25) is 0 Å². The zero-order valence-electron chi connectivity index (χ0n) is 16.2. The van der Waals surface area contributed by atoms with Gasteiger partial charge in [0.2, 0.25) is 10.0 Å². The molecule has 7 heteroatoms. The zero-order valence-corrected chi connectivity index (χ0v) is 17.0. The molecule has 2 aromatic carbocycles. The number of hydrogen-bond donors (Lipinski definition) is 0. The van der Waals surface area contributed by atoms with Crippen molar-refractivity contribution in [3.8, 4) is 5.75 Å². The number of ether oxygens (including phenoxy) is 1. The second-order valence-corrected chi connectivity index (χ2v) is 9.03. The van der Waals surface area contributed by atoms with Gasteiger partial charge in [0, 0.05) is 38.3 Å². The fourth-order valence-corrected chi connectivity index (χ4v) is 5.46. The summed E-state index contributed by atoms with van der Waals surface area (Å²) in [6.07, 6.45) is 3.77. The number of methoxy groups -OCH3 is 1. The summed E-state index contributed by atoms with van der Waals surface area (Å²) in [4.78, 5) is 0.288. The summed E-state index contributed by atoms with van der Waals surface area (Å²) in [6, 6.07) is 13.2. The molecule has 146 valence electrons. The molecule has 1 aliphatic rings. The van der Waals surface area contributed by atoms with E-state index in [2.05, 4.69) is 11.2 Å². The van der Waals surface area contributed by atoms with Gasteiger partial charge in [0.05, 0.1) is 18.2 Å². The van der Waals surface area contributed by atoms with E-state index in [1.807, 2.05) is 44.6 Å². The fourth-order valence-electron chi connectivity index (χ4n) is 3.79. The van der Waals surface area contributed by atoms with Crippen LogP contribution < -0.4 is 4.74 Å². The lowest BCUT2D eigenvalue weighted by Crippen LogP contribution is -2.38. The van der Waals surface area contributed by atoms with Crippen molar-refractivity contribution in [3.63, 3.8) is 0 Å². The van der Waals surface area contributed by atoms with E-state index in [1.165, 1.54) is 7.11 Å². The zero-order chi connectivity index (χ0) is 19.9. The Bertz CT molecular complexity index is 1120. The molecule has 1 atom stereocenters. The molecule has 1 aliphatic heterocycles. The van der Waals surface area contributed by atoms with Gasteiger partial charge in [0.25, 0.3) is 0 Å². The molecule has 0 bridgehead atoms. The van der Waals surface area contributed by atoms with E-state index in [0.29, 0.717) is 24.4 Å². The van der Waals surface area contributed by atoms with Crippen molar-refractivity contribution in [1.29, 1.82) is 0 Å². The van der Waals surface area contributed by atoms with Gasteiger partial charge in [-0.25, -0.2) is 8.42 Å². The van der Waals surface area contributed by atoms with Gasteiger partial charge in [-0.15, -0.1) is 0 Å². The van der Waals surface area contributed by atoms with Gasteiger partial charge in [0.15, 0.2) is 0 Å². The Labute approximate surface area is 165 Å². The van der Waals surface area contributed by atoms with Crippen LogP contribution in [-0.4, -0.2) is 36.2 Å². The summed E-state index contributed by atoms with van der Waals surface area (Å²) in [6.45, 7) is 2.54. The maximum Gasteiger partial charge on any atom is 0.243 e. The molecule has 0 aliphatic carbocycles. The maximum atomic E-state index is 13.5. The highest BCUT2D eigenvalue weighted by molar-refractivity contribution is 7.89. The monoisotopic (exact) mass is 397 g/mol. The topological polar surface area (TPSA) is 64.4 Å². The van der Waals surface area contributed by atoms with Gasteiger partial charge in [-0.3, -0.25) is 4.68 Å². The molecule has 3 aromatic rings. The number of hydrogen-bond acceptors (Lipinski definition) is 4. The first-order valence-electron chi connectivity index (χ1n) is 9.11. The number of nitrogens with zero attached hydrogens (tertiary/aromatic N) is 3. The molecule has 0 saturated heterocycles. The summed E-state index contributed by atoms with van der Waals surface area (Å²) >= 11 is 0. The van der Waals surface area contributed by atoms with Crippen molar-refractivity contribution < 1.29 is 13.2 Å². The number of aromatic nitrogens is 2. The first-order valence-corrected chi connectivity index (χ1v) is 10.6. The number of benzene rings is 2. The highest BCUT2D eigenvalue weighted by Gasteiger charge is 2.35. The SMILES string of the molecule is COc1ccc(C)c(S(=O)(=O)N2Cc3ccccc3C(c3cnn(C)c3)C2)c1. The molecule has 0 N–H and O–H groups in total. The van der Waals surface area contributed by atoms with Crippen LogP contribution in [0.1, 0.15) is 28.2 Å². The Kier molecular flexibility index (Phi) is 4.72. The molecular weight excluding hydrogens is 374 g/mol. The van der Waals surface area contributed by atoms with E-state index in [9.17, 15) is 8.42 Å². The molecule has 28 heavy (non-hydrogen) atoms. The second kappa shape index (κ2) is 7.07. The lowest BCUT2D eigenvalue weighted by molar-refractivity contribution is 0.370. The quantitative estimate of drug-likeness (QED) is 0.679. The predicted octanol–water partition coefficient (Wildman–Crippen LogP) is 3.07. The predicted molar refractivity (Wildman–Crippen MR) is 107 cm³/mol. The van der Waals surface area contributed by atoms with Crippen LogP contribution in [-0.2, 0) is 23.6 Å². The van der Waals surface area contributed by atoms with Gasteiger partial charge in [0.1, 0.15) is 5.75 Å². The van der Waals surface area contributed by atoms with Crippen LogP contribution in [0.15, 0.2) is 59.8 Å². The average molecular weight is 398 g/mol. The molecular formula is C21H23N3O3S. The van der Waals surface area contributed by atoms with Crippen LogP contribution in [0.5, 0.6) is 5.75 Å². The number of fused-ring (bicyclic) bond motifs is 1. The summed E-state index contributed by atoms with van der Waals surface area (Å²) in [5, 5.41) is 4.28. The van der Waals surface area contributed by atoms with Gasteiger partial charge in [-0.05, 0) is 35.2 Å². The fraction of sp³-hybridized carbons (Fsp3) is 0.286. The van der Waals surface area contributed by atoms with Gasteiger partial charge < -0.3 is 4.74 Å². The highest BCUT2D eigenvalue weighted by atomic mass is 32.2. The Morgan fingerprint density at radius 2 is 1.96 bits per heavy atom. The molecule has 0 spiro atoms. The van der Waals surface area contributed by atoms with E-state index in [0.717, 1.165) is 16.7 Å². The summed E-state index contributed by atoms with van der Waals surface area (Å²) < 4.78 is 35.6. The molecule has 0 amide bonds. The van der Waals surface area contributed by atoms with E-state index in [1.54, 1.807) is 27.2 Å². The second-order valence-electron chi connectivity index (χ2n) is 7.13. The van der Waals surface area contributed by atoms with Crippen LogP contribution in [0.25, 0.3) is 0 Å². The van der Waals surface area contributed by atoms with Gasteiger partial charge >= 0.3 is 0 Å². The average Bonchev–Trinajstić information content (AvgIpc) is 3.13. The van der Waals surface area contributed by atoms with Gasteiger partial charge in [-0.2, -0.15) is 9.40 Å². The van der Waals surface area contributed by atoms with Crippen LogP contribution in [0.4, 0.5) is 0 Å². The molecule has 1 unspecified atom stereocenters. The minimum atomic E-state index is -3.68. The van der Waals surface area contributed by atoms with E-state index in [-0.39, 0.29) is 10.8 Å². The van der Waals surface area contributed by atoms with Crippen LogP contribution in [0, 0.1) is 6.92 Å². The summed E-state index contributed by atoms with van der Waals surface area (Å²) in [5.41, 5.74) is 3.89. The minimum Gasteiger partial charge on any atom is -0.497 e. The lowest BCUT2D eigenvalue weighted by Gasteiger charge is -2.34. The Morgan fingerprint density at radius 3 is 2.68 bits per heavy atom. The van der Waals surface area contributed by atoms with E-state index < -0.39 is 10.0 Å².